The number of nitrogens with zero attached hydrogens (tertiary/aromatic N) is 4. The van der Waals surface area contributed by atoms with Crippen LogP contribution in [0, 0.1) is 6.92 Å². The SMILES string of the molecule is CCCn1c(=O)c(C)nc2cc(-c3noc(-c4ccc(OC)cc4)n3)ccc21. The van der Waals surface area contributed by atoms with Crippen LogP contribution >= 0.6 is 0 Å². The lowest BCUT2D eigenvalue weighted by atomic mass is 10.1. The van der Waals surface area contributed by atoms with Crippen LogP contribution in [0.4, 0.5) is 0 Å². The first-order valence-electron chi connectivity index (χ1n) is 9.10. The number of aromatic nitrogens is 4. The molecule has 28 heavy (non-hydrogen) atoms. The van der Waals surface area contributed by atoms with Crippen LogP contribution in [-0.2, 0) is 6.54 Å². The van der Waals surface area contributed by atoms with Gasteiger partial charge in [-0.05, 0) is 55.8 Å². The molecule has 4 aromatic rings. The maximum atomic E-state index is 12.4. The summed E-state index contributed by atoms with van der Waals surface area (Å²) in [5.74, 6) is 1.66. The molecule has 7 nitrogen and oxygen atoms in total. The average molecular weight is 376 g/mol. The van der Waals surface area contributed by atoms with Gasteiger partial charge < -0.3 is 13.8 Å². The Kier molecular flexibility index (Phi) is 4.65. The van der Waals surface area contributed by atoms with Gasteiger partial charge in [0.1, 0.15) is 11.4 Å². The van der Waals surface area contributed by atoms with Crippen LogP contribution in [0.3, 0.4) is 0 Å². The molecule has 0 radical (unpaired) electrons. The zero-order valence-corrected chi connectivity index (χ0v) is 16.0. The highest BCUT2D eigenvalue weighted by Crippen LogP contribution is 2.25. The zero-order chi connectivity index (χ0) is 19.7. The van der Waals surface area contributed by atoms with Gasteiger partial charge in [-0.25, -0.2) is 4.98 Å². The van der Waals surface area contributed by atoms with Crippen molar-refractivity contribution in [2.75, 3.05) is 7.11 Å². The predicted octanol–water partition coefficient (Wildman–Crippen LogP) is 3.84. The van der Waals surface area contributed by atoms with Crippen molar-refractivity contribution in [2.45, 2.75) is 26.8 Å². The van der Waals surface area contributed by atoms with E-state index in [0.29, 0.717) is 24.0 Å². The van der Waals surface area contributed by atoms with Crippen LogP contribution in [0.5, 0.6) is 5.75 Å². The number of ether oxygens (including phenoxy) is 1. The van der Waals surface area contributed by atoms with E-state index < -0.39 is 0 Å². The fraction of sp³-hybridized carbons (Fsp3) is 0.238. The first kappa shape index (κ1) is 17.9. The molecule has 0 aliphatic rings. The van der Waals surface area contributed by atoms with Crippen LogP contribution < -0.4 is 10.3 Å². The van der Waals surface area contributed by atoms with Gasteiger partial charge in [0.2, 0.25) is 5.82 Å². The summed E-state index contributed by atoms with van der Waals surface area (Å²) in [4.78, 5) is 21.3. The topological polar surface area (TPSA) is 83.0 Å². The molecule has 0 N–H and O–H groups in total. The molecule has 2 heterocycles. The van der Waals surface area contributed by atoms with E-state index in [4.69, 9.17) is 9.26 Å². The van der Waals surface area contributed by atoms with Crippen LogP contribution in [-0.4, -0.2) is 26.8 Å². The van der Waals surface area contributed by atoms with Crippen molar-refractivity contribution in [2.24, 2.45) is 0 Å². The molecule has 0 saturated heterocycles. The van der Waals surface area contributed by atoms with Gasteiger partial charge in [-0.3, -0.25) is 4.79 Å². The molecule has 0 saturated carbocycles. The van der Waals surface area contributed by atoms with E-state index in [9.17, 15) is 4.79 Å². The Hall–Kier alpha value is -3.48. The molecule has 0 amide bonds. The van der Waals surface area contributed by atoms with Crippen molar-refractivity contribution in [3.63, 3.8) is 0 Å². The third-order valence-electron chi connectivity index (χ3n) is 4.58. The largest absolute Gasteiger partial charge is 0.497 e. The highest BCUT2D eigenvalue weighted by molar-refractivity contribution is 5.80. The van der Waals surface area contributed by atoms with Crippen LogP contribution in [0.2, 0.25) is 0 Å². The summed E-state index contributed by atoms with van der Waals surface area (Å²) < 4.78 is 12.4. The summed E-state index contributed by atoms with van der Waals surface area (Å²) in [6, 6.07) is 13.1. The molecule has 4 rings (SSSR count). The van der Waals surface area contributed by atoms with Crippen LogP contribution in [0.15, 0.2) is 51.8 Å². The summed E-state index contributed by atoms with van der Waals surface area (Å²) in [6.07, 6.45) is 0.871. The van der Waals surface area contributed by atoms with Gasteiger partial charge in [0, 0.05) is 17.7 Å². The minimum atomic E-state index is -0.0524. The van der Waals surface area contributed by atoms with Gasteiger partial charge in [-0.15, -0.1) is 0 Å². The van der Waals surface area contributed by atoms with E-state index in [1.54, 1.807) is 18.6 Å². The highest BCUT2D eigenvalue weighted by Gasteiger charge is 2.13. The molecule has 0 atom stereocenters. The van der Waals surface area contributed by atoms with E-state index in [0.717, 1.165) is 34.3 Å². The van der Waals surface area contributed by atoms with Crippen molar-refractivity contribution in [3.05, 3.63) is 58.5 Å². The molecular weight excluding hydrogens is 356 g/mol. The standard InChI is InChI=1S/C21H20N4O3/c1-4-11-25-18-10-7-15(12-17(18)22-13(2)21(25)26)19-23-20(28-24-19)14-5-8-16(27-3)9-6-14/h5-10,12H,4,11H2,1-3H3. The van der Waals surface area contributed by atoms with Crippen molar-refractivity contribution in [3.8, 4) is 28.6 Å². The summed E-state index contributed by atoms with van der Waals surface area (Å²) in [6.45, 7) is 4.43. The molecule has 0 unspecified atom stereocenters. The zero-order valence-electron chi connectivity index (χ0n) is 16.0. The van der Waals surface area contributed by atoms with Crippen LogP contribution in [0.25, 0.3) is 33.9 Å². The Balaban J connectivity index is 1.74. The molecule has 142 valence electrons. The molecule has 0 spiro atoms. The van der Waals surface area contributed by atoms with Gasteiger partial charge in [0.25, 0.3) is 11.4 Å². The Morgan fingerprint density at radius 1 is 1.07 bits per heavy atom. The first-order valence-corrected chi connectivity index (χ1v) is 9.10. The summed E-state index contributed by atoms with van der Waals surface area (Å²) in [5, 5.41) is 4.10. The number of rotatable bonds is 5. The first-order chi connectivity index (χ1) is 13.6. The number of fused-ring (bicyclic) bond motifs is 1. The van der Waals surface area contributed by atoms with E-state index in [-0.39, 0.29) is 5.56 Å². The van der Waals surface area contributed by atoms with Crippen LogP contribution in [0.1, 0.15) is 19.0 Å². The van der Waals surface area contributed by atoms with E-state index in [1.165, 1.54) is 0 Å². The monoisotopic (exact) mass is 376 g/mol. The smallest absolute Gasteiger partial charge is 0.272 e. The Labute approximate surface area is 161 Å². The van der Waals surface area contributed by atoms with E-state index in [1.807, 2.05) is 49.4 Å². The number of aryl methyl sites for hydroxylation is 2. The fourth-order valence-electron chi connectivity index (χ4n) is 3.15. The molecule has 0 fully saturated rings. The lowest BCUT2D eigenvalue weighted by Crippen LogP contribution is -2.24. The quantitative estimate of drug-likeness (QED) is 0.526. The number of hydrogen-bond acceptors (Lipinski definition) is 6. The third-order valence-corrected chi connectivity index (χ3v) is 4.58. The van der Waals surface area contributed by atoms with E-state index >= 15 is 0 Å². The Bertz CT molecular complexity index is 1190. The second-order valence-corrected chi connectivity index (χ2v) is 6.51. The maximum Gasteiger partial charge on any atom is 0.272 e. The molecule has 2 aromatic heterocycles. The van der Waals surface area contributed by atoms with Gasteiger partial charge in [0.15, 0.2) is 0 Å². The molecule has 7 heteroatoms. The molecule has 0 aliphatic carbocycles. The minimum Gasteiger partial charge on any atom is -0.497 e. The van der Waals surface area contributed by atoms with Gasteiger partial charge in [-0.1, -0.05) is 12.1 Å². The highest BCUT2D eigenvalue weighted by atomic mass is 16.5. The second kappa shape index (κ2) is 7.26. The molecule has 2 aromatic carbocycles. The van der Waals surface area contributed by atoms with Crippen molar-refractivity contribution in [1.29, 1.82) is 0 Å². The summed E-state index contributed by atoms with van der Waals surface area (Å²) in [5.41, 5.74) is 3.56. The normalized spacial score (nSPS) is 11.1. The maximum absolute atomic E-state index is 12.4. The number of benzene rings is 2. The number of hydrogen-bond donors (Lipinski definition) is 0. The van der Waals surface area contributed by atoms with Gasteiger partial charge in [0.05, 0.1) is 18.1 Å². The molecular formula is C21H20N4O3. The third kappa shape index (κ3) is 3.15. The second-order valence-electron chi connectivity index (χ2n) is 6.51. The van der Waals surface area contributed by atoms with Crippen molar-refractivity contribution in [1.82, 2.24) is 19.7 Å². The summed E-state index contributed by atoms with van der Waals surface area (Å²) >= 11 is 0. The lowest BCUT2D eigenvalue weighted by Gasteiger charge is -2.10. The van der Waals surface area contributed by atoms with Crippen molar-refractivity contribution >= 4 is 11.0 Å². The minimum absolute atomic E-state index is 0.0524. The predicted molar refractivity (Wildman–Crippen MR) is 106 cm³/mol. The van der Waals surface area contributed by atoms with Crippen molar-refractivity contribution < 1.29 is 9.26 Å². The Morgan fingerprint density at radius 3 is 2.54 bits per heavy atom. The molecule has 0 aliphatic heterocycles. The van der Waals surface area contributed by atoms with E-state index in [2.05, 4.69) is 15.1 Å². The Morgan fingerprint density at radius 2 is 1.82 bits per heavy atom. The average Bonchev–Trinajstić information content (AvgIpc) is 3.21. The number of methoxy groups -OCH3 is 1. The fourth-order valence-corrected chi connectivity index (χ4v) is 3.15. The lowest BCUT2D eigenvalue weighted by molar-refractivity contribution is 0.414. The summed E-state index contributed by atoms with van der Waals surface area (Å²) in [7, 11) is 1.62. The van der Waals surface area contributed by atoms with Gasteiger partial charge >= 0.3 is 0 Å². The van der Waals surface area contributed by atoms with Gasteiger partial charge in [-0.2, -0.15) is 4.98 Å². The molecule has 0 bridgehead atoms.